The minimum absolute atomic E-state index is 0.0848. The average Bonchev–Trinajstić information content (AvgIpc) is 2.19. The molecule has 3 atom stereocenters. The maximum atomic E-state index is 5.79. The van der Waals surface area contributed by atoms with E-state index in [1.54, 1.807) is 0 Å². The lowest BCUT2D eigenvalue weighted by Crippen LogP contribution is -2.58. The second-order valence-corrected chi connectivity index (χ2v) is 3.43. The molecule has 0 spiro atoms. The molecule has 3 unspecified atom stereocenters. The third kappa shape index (κ3) is 3.20. The van der Waals surface area contributed by atoms with Crippen LogP contribution in [0, 0.1) is 0 Å². The van der Waals surface area contributed by atoms with Crippen molar-refractivity contribution in [2.24, 2.45) is 5.73 Å². The van der Waals surface area contributed by atoms with E-state index in [1.807, 2.05) is 13.8 Å². The van der Waals surface area contributed by atoms with Crippen molar-refractivity contribution in [3.63, 3.8) is 0 Å². The molecule has 0 amide bonds. The quantitative estimate of drug-likeness (QED) is 0.614. The molecule has 0 aromatic rings. The van der Waals surface area contributed by atoms with Gasteiger partial charge < -0.3 is 19.9 Å². The third-order valence-electron chi connectivity index (χ3n) is 2.42. The topological polar surface area (TPSA) is 53.7 Å². The molecule has 0 saturated heterocycles. The van der Waals surface area contributed by atoms with Crippen LogP contribution in [0.15, 0.2) is 0 Å². The van der Waals surface area contributed by atoms with E-state index in [4.69, 9.17) is 19.9 Å². The van der Waals surface area contributed by atoms with Gasteiger partial charge in [0.05, 0.1) is 25.4 Å². The molecular formula is C10H21NO3. The van der Waals surface area contributed by atoms with Crippen molar-refractivity contribution in [2.45, 2.75) is 38.5 Å². The molecule has 14 heavy (non-hydrogen) atoms. The first-order chi connectivity index (χ1) is 6.79. The van der Waals surface area contributed by atoms with Gasteiger partial charge in [-0.15, -0.1) is 0 Å². The van der Waals surface area contributed by atoms with Crippen molar-refractivity contribution in [3.8, 4) is 0 Å². The van der Waals surface area contributed by atoms with Gasteiger partial charge in [0, 0.05) is 19.3 Å². The van der Waals surface area contributed by atoms with Gasteiger partial charge in [-0.05, 0) is 20.3 Å². The zero-order valence-corrected chi connectivity index (χ0v) is 9.07. The highest BCUT2D eigenvalue weighted by atomic mass is 16.6. The Morgan fingerprint density at radius 3 is 2.50 bits per heavy atom. The summed E-state index contributed by atoms with van der Waals surface area (Å²) in [4.78, 5) is 0. The fourth-order valence-electron chi connectivity index (χ4n) is 1.61. The summed E-state index contributed by atoms with van der Waals surface area (Å²) in [5.74, 6) is 0. The Morgan fingerprint density at radius 2 is 1.93 bits per heavy atom. The monoisotopic (exact) mass is 203 g/mol. The Morgan fingerprint density at radius 1 is 1.14 bits per heavy atom. The molecule has 4 heteroatoms. The fourth-order valence-corrected chi connectivity index (χ4v) is 1.61. The summed E-state index contributed by atoms with van der Waals surface area (Å²) in [6.45, 7) is 6.67. The van der Waals surface area contributed by atoms with Crippen LogP contribution in [0.4, 0.5) is 0 Å². The van der Waals surface area contributed by atoms with Gasteiger partial charge in [0.2, 0.25) is 0 Å². The lowest BCUT2D eigenvalue weighted by Gasteiger charge is -2.41. The van der Waals surface area contributed by atoms with E-state index in [-0.39, 0.29) is 18.2 Å². The van der Waals surface area contributed by atoms with Gasteiger partial charge in [0.25, 0.3) is 0 Å². The summed E-state index contributed by atoms with van der Waals surface area (Å²) < 4.78 is 16.2. The largest absolute Gasteiger partial charge is 0.379 e. The van der Waals surface area contributed by atoms with Crippen LogP contribution in [0.5, 0.6) is 0 Å². The molecule has 2 N–H and O–H groups in total. The Bertz CT molecular complexity index is 154. The predicted octanol–water partition coefficient (Wildman–Crippen LogP) is 0.544. The molecule has 0 aromatic heterocycles. The van der Waals surface area contributed by atoms with Crippen molar-refractivity contribution < 1.29 is 14.2 Å². The van der Waals surface area contributed by atoms with Crippen LogP contribution < -0.4 is 5.73 Å². The lowest BCUT2D eigenvalue weighted by molar-refractivity contribution is -0.143. The molecule has 84 valence electrons. The molecule has 1 aliphatic carbocycles. The molecule has 0 bridgehead atoms. The highest BCUT2D eigenvalue weighted by Gasteiger charge is 2.40. The van der Waals surface area contributed by atoms with Gasteiger partial charge in [-0.1, -0.05) is 0 Å². The van der Waals surface area contributed by atoms with Crippen LogP contribution in [-0.2, 0) is 14.2 Å². The van der Waals surface area contributed by atoms with Crippen LogP contribution >= 0.6 is 0 Å². The van der Waals surface area contributed by atoms with Gasteiger partial charge in [-0.3, -0.25) is 0 Å². The predicted molar refractivity (Wildman–Crippen MR) is 54.2 cm³/mol. The van der Waals surface area contributed by atoms with Crippen molar-refractivity contribution in [1.82, 2.24) is 0 Å². The number of ether oxygens (including phenoxy) is 3. The first-order valence-corrected chi connectivity index (χ1v) is 5.36. The average molecular weight is 203 g/mol. The molecule has 1 saturated carbocycles. The lowest BCUT2D eigenvalue weighted by atomic mass is 9.86. The number of nitrogens with two attached hydrogens (primary N) is 1. The minimum atomic E-state index is 0.0848. The maximum absolute atomic E-state index is 5.79. The van der Waals surface area contributed by atoms with Gasteiger partial charge >= 0.3 is 0 Å². The number of rotatable bonds is 7. The molecule has 4 nitrogen and oxygen atoms in total. The van der Waals surface area contributed by atoms with Crippen molar-refractivity contribution in [2.75, 3.05) is 26.4 Å². The van der Waals surface area contributed by atoms with E-state index in [9.17, 15) is 0 Å². The van der Waals surface area contributed by atoms with E-state index in [1.165, 1.54) is 0 Å². The molecule has 0 heterocycles. The number of hydrogen-bond donors (Lipinski definition) is 1. The van der Waals surface area contributed by atoms with E-state index >= 15 is 0 Å². The smallest absolute Gasteiger partial charge is 0.0988 e. The second-order valence-electron chi connectivity index (χ2n) is 3.43. The van der Waals surface area contributed by atoms with Crippen LogP contribution in [0.2, 0.25) is 0 Å². The zero-order chi connectivity index (χ0) is 10.4. The van der Waals surface area contributed by atoms with Gasteiger partial charge in [0.1, 0.15) is 0 Å². The molecule has 1 fully saturated rings. The zero-order valence-electron chi connectivity index (χ0n) is 9.07. The Kier molecular flexibility index (Phi) is 5.40. The summed E-state index contributed by atoms with van der Waals surface area (Å²) in [5.41, 5.74) is 5.79. The van der Waals surface area contributed by atoms with E-state index in [0.717, 1.165) is 13.0 Å². The molecule has 1 aliphatic rings. The van der Waals surface area contributed by atoms with Gasteiger partial charge in [-0.25, -0.2) is 0 Å². The van der Waals surface area contributed by atoms with Gasteiger partial charge in [0.15, 0.2) is 0 Å². The normalized spacial score (nSPS) is 31.5. The number of hydrogen-bond acceptors (Lipinski definition) is 4. The third-order valence-corrected chi connectivity index (χ3v) is 2.42. The van der Waals surface area contributed by atoms with E-state index in [2.05, 4.69) is 0 Å². The highest BCUT2D eigenvalue weighted by molar-refractivity contribution is 4.94. The molecule has 0 radical (unpaired) electrons. The Hall–Kier alpha value is -0.160. The van der Waals surface area contributed by atoms with Gasteiger partial charge in [-0.2, -0.15) is 0 Å². The molecule has 0 aromatic carbocycles. The first kappa shape index (κ1) is 11.9. The summed E-state index contributed by atoms with van der Waals surface area (Å²) in [6.07, 6.45) is 1.16. The second kappa shape index (κ2) is 6.35. The van der Waals surface area contributed by atoms with Crippen LogP contribution in [0.25, 0.3) is 0 Å². The molecule has 1 rings (SSSR count). The van der Waals surface area contributed by atoms with Crippen molar-refractivity contribution in [3.05, 3.63) is 0 Å². The maximum Gasteiger partial charge on any atom is 0.0988 e. The summed E-state index contributed by atoms with van der Waals surface area (Å²) in [7, 11) is 0. The first-order valence-electron chi connectivity index (χ1n) is 5.36. The van der Waals surface area contributed by atoms with Crippen molar-refractivity contribution >= 4 is 0 Å². The SMILES string of the molecule is CCOCCOC1CC(N)C1OCC. The fraction of sp³-hybridized carbons (Fsp3) is 1.00. The molecule has 0 aliphatic heterocycles. The summed E-state index contributed by atoms with van der Waals surface area (Å²) in [5, 5.41) is 0. The summed E-state index contributed by atoms with van der Waals surface area (Å²) in [6, 6.07) is 0.145. The molecular weight excluding hydrogens is 182 g/mol. The summed E-state index contributed by atoms with van der Waals surface area (Å²) >= 11 is 0. The van der Waals surface area contributed by atoms with Crippen LogP contribution in [0.3, 0.4) is 0 Å². The minimum Gasteiger partial charge on any atom is -0.379 e. The van der Waals surface area contributed by atoms with Crippen LogP contribution in [-0.4, -0.2) is 44.7 Å². The Balaban J connectivity index is 2.06. The van der Waals surface area contributed by atoms with E-state index in [0.29, 0.717) is 19.8 Å². The Labute approximate surface area is 85.7 Å². The standard InChI is InChI=1S/C10H21NO3/c1-3-12-5-6-14-9-7-8(11)10(9)13-4-2/h8-10H,3-7,11H2,1-2H3. The van der Waals surface area contributed by atoms with E-state index < -0.39 is 0 Å². The van der Waals surface area contributed by atoms with Crippen LogP contribution in [0.1, 0.15) is 20.3 Å². The van der Waals surface area contributed by atoms with Crippen molar-refractivity contribution in [1.29, 1.82) is 0 Å². The highest BCUT2D eigenvalue weighted by Crippen LogP contribution is 2.25.